The normalized spacial score (nSPS) is 15.5. The van der Waals surface area contributed by atoms with Crippen molar-refractivity contribution in [2.24, 2.45) is 5.92 Å². The number of rotatable bonds is 4. The van der Waals surface area contributed by atoms with Gasteiger partial charge in [0, 0.05) is 29.9 Å². The molecule has 1 aliphatic heterocycles. The van der Waals surface area contributed by atoms with Crippen molar-refractivity contribution in [3.05, 3.63) is 23.3 Å². The van der Waals surface area contributed by atoms with Crippen LogP contribution in [0.3, 0.4) is 0 Å². The Morgan fingerprint density at radius 2 is 2.32 bits per heavy atom. The monoisotopic (exact) mass is 261 g/mol. The molecular weight excluding hydrogens is 242 g/mol. The summed E-state index contributed by atoms with van der Waals surface area (Å²) in [5, 5.41) is 8.85. The van der Waals surface area contributed by atoms with Crippen molar-refractivity contribution in [1.29, 1.82) is 5.26 Å². The van der Waals surface area contributed by atoms with Gasteiger partial charge in [-0.3, -0.25) is 0 Å². The second-order valence-electron chi connectivity index (χ2n) is 5.01. The van der Waals surface area contributed by atoms with E-state index >= 15 is 0 Å². The average molecular weight is 261 g/mol. The molecule has 0 saturated heterocycles. The lowest BCUT2D eigenvalue weighted by molar-refractivity contribution is -0.0173. The first kappa shape index (κ1) is 13.7. The highest BCUT2D eigenvalue weighted by molar-refractivity contribution is 5.53. The van der Waals surface area contributed by atoms with E-state index in [-0.39, 0.29) is 12.7 Å². The maximum atomic E-state index is 8.85. The topological polar surface area (TPSA) is 71.5 Å². The molecule has 5 heteroatoms. The van der Waals surface area contributed by atoms with Crippen molar-refractivity contribution in [3.8, 4) is 11.8 Å². The average Bonchev–Trinajstić information content (AvgIpc) is 2.38. The summed E-state index contributed by atoms with van der Waals surface area (Å²) in [6.07, 6.45) is 0. The molecule has 1 atom stereocenters. The summed E-state index contributed by atoms with van der Waals surface area (Å²) < 4.78 is 10.8. The van der Waals surface area contributed by atoms with Crippen LogP contribution in [0.4, 0.5) is 5.69 Å². The molecule has 19 heavy (non-hydrogen) atoms. The summed E-state index contributed by atoms with van der Waals surface area (Å²) in [7, 11) is 1.99. The van der Waals surface area contributed by atoms with E-state index in [1.54, 1.807) is 0 Å². The molecule has 1 aromatic rings. The molecule has 2 N–H and O–H groups in total. The Labute approximate surface area is 113 Å². The maximum Gasteiger partial charge on any atom is 0.189 e. The van der Waals surface area contributed by atoms with Gasteiger partial charge in [0.2, 0.25) is 0 Å². The van der Waals surface area contributed by atoms with Crippen molar-refractivity contribution >= 4 is 5.69 Å². The van der Waals surface area contributed by atoms with Crippen molar-refractivity contribution in [2.45, 2.75) is 20.1 Å². The molecule has 0 fully saturated rings. The number of benzene rings is 1. The van der Waals surface area contributed by atoms with Crippen LogP contribution in [-0.2, 0) is 17.9 Å². The second kappa shape index (κ2) is 5.91. The third-order valence-corrected chi connectivity index (χ3v) is 3.06. The predicted molar refractivity (Wildman–Crippen MR) is 72.2 cm³/mol. The molecule has 0 bridgehead atoms. The molecule has 0 aromatic heterocycles. The van der Waals surface area contributed by atoms with Crippen LogP contribution in [0.5, 0.6) is 5.75 Å². The van der Waals surface area contributed by atoms with Crippen LogP contribution in [0.1, 0.15) is 18.1 Å². The highest BCUT2D eigenvalue weighted by Crippen LogP contribution is 2.31. The molecule has 0 aliphatic carbocycles. The molecule has 0 spiro atoms. The third-order valence-electron chi connectivity index (χ3n) is 3.06. The van der Waals surface area contributed by atoms with Gasteiger partial charge in [0.15, 0.2) is 6.79 Å². The number of hydrogen-bond donors (Lipinski definition) is 1. The van der Waals surface area contributed by atoms with Gasteiger partial charge in [-0.2, -0.15) is 5.26 Å². The minimum atomic E-state index is 0.00568. The maximum absolute atomic E-state index is 8.85. The van der Waals surface area contributed by atoms with Gasteiger partial charge in [-0.15, -0.1) is 0 Å². The van der Waals surface area contributed by atoms with E-state index in [1.807, 2.05) is 26.1 Å². The van der Waals surface area contributed by atoms with E-state index < -0.39 is 0 Å². The number of nitrogen functional groups attached to an aromatic ring is 1. The standard InChI is InChI=1S/C14H19N3O2/c1-10(5-15)6-17(2)7-11-3-13(16)4-12-8-18-9-19-14(11)12/h3-4,10H,6-9,16H2,1-2H3. The molecule has 1 unspecified atom stereocenters. The smallest absolute Gasteiger partial charge is 0.189 e. The molecule has 0 saturated carbocycles. The Morgan fingerprint density at radius 1 is 1.53 bits per heavy atom. The van der Waals surface area contributed by atoms with Crippen LogP contribution in [0.25, 0.3) is 0 Å². The minimum Gasteiger partial charge on any atom is -0.467 e. The van der Waals surface area contributed by atoms with Crippen molar-refractivity contribution in [2.75, 3.05) is 26.1 Å². The quantitative estimate of drug-likeness (QED) is 0.836. The van der Waals surface area contributed by atoms with E-state index in [4.69, 9.17) is 20.5 Å². The van der Waals surface area contributed by atoms with Gasteiger partial charge in [-0.05, 0) is 26.1 Å². The van der Waals surface area contributed by atoms with E-state index in [1.165, 1.54) is 0 Å². The van der Waals surface area contributed by atoms with Gasteiger partial charge < -0.3 is 20.1 Å². The number of hydrogen-bond acceptors (Lipinski definition) is 5. The first-order valence-corrected chi connectivity index (χ1v) is 6.30. The zero-order chi connectivity index (χ0) is 13.8. The molecule has 102 valence electrons. The molecule has 0 radical (unpaired) electrons. The summed E-state index contributed by atoms with van der Waals surface area (Å²) in [6.45, 7) is 4.15. The Balaban J connectivity index is 2.16. The van der Waals surface area contributed by atoms with E-state index in [2.05, 4.69) is 11.0 Å². The molecule has 5 nitrogen and oxygen atoms in total. The van der Waals surface area contributed by atoms with E-state index in [0.29, 0.717) is 18.8 Å². The Kier molecular flexibility index (Phi) is 4.25. The Morgan fingerprint density at radius 3 is 3.05 bits per heavy atom. The number of anilines is 1. The molecular formula is C14H19N3O2. The fourth-order valence-electron chi connectivity index (χ4n) is 2.31. The summed E-state index contributed by atoms with van der Waals surface area (Å²) in [5.41, 5.74) is 8.65. The van der Waals surface area contributed by atoms with Gasteiger partial charge in [0.25, 0.3) is 0 Å². The van der Waals surface area contributed by atoms with Crippen LogP contribution < -0.4 is 10.5 Å². The lowest BCUT2D eigenvalue weighted by Gasteiger charge is -2.24. The van der Waals surface area contributed by atoms with Crippen LogP contribution in [0, 0.1) is 17.2 Å². The van der Waals surface area contributed by atoms with E-state index in [9.17, 15) is 0 Å². The third kappa shape index (κ3) is 3.37. The highest BCUT2D eigenvalue weighted by atomic mass is 16.7. The summed E-state index contributed by atoms with van der Waals surface area (Å²) in [6, 6.07) is 6.05. The fourth-order valence-corrected chi connectivity index (χ4v) is 2.31. The Hall–Kier alpha value is -1.77. The lowest BCUT2D eigenvalue weighted by atomic mass is 10.1. The van der Waals surface area contributed by atoms with Crippen LogP contribution >= 0.6 is 0 Å². The first-order valence-electron chi connectivity index (χ1n) is 6.30. The highest BCUT2D eigenvalue weighted by Gasteiger charge is 2.17. The largest absolute Gasteiger partial charge is 0.467 e. The number of nitrogens with two attached hydrogens (primary N) is 1. The van der Waals surface area contributed by atoms with Crippen LogP contribution in [0.15, 0.2) is 12.1 Å². The van der Waals surface area contributed by atoms with Gasteiger partial charge in [-0.25, -0.2) is 0 Å². The van der Waals surface area contributed by atoms with Crippen molar-refractivity contribution < 1.29 is 9.47 Å². The van der Waals surface area contributed by atoms with Gasteiger partial charge in [0.1, 0.15) is 5.75 Å². The number of fused-ring (bicyclic) bond motifs is 1. The Bertz CT molecular complexity index is 496. The summed E-state index contributed by atoms with van der Waals surface area (Å²) in [5.74, 6) is 0.878. The van der Waals surface area contributed by atoms with Crippen molar-refractivity contribution in [3.63, 3.8) is 0 Å². The molecule has 1 aromatic carbocycles. The zero-order valence-electron chi connectivity index (χ0n) is 11.3. The number of nitriles is 1. The SMILES string of the molecule is CC(C#N)CN(C)Cc1cc(N)cc2c1OCOC2. The van der Waals surface area contributed by atoms with Gasteiger partial charge >= 0.3 is 0 Å². The fraction of sp³-hybridized carbons (Fsp3) is 0.500. The van der Waals surface area contributed by atoms with Crippen LogP contribution in [-0.4, -0.2) is 25.3 Å². The number of nitrogens with zero attached hydrogens (tertiary/aromatic N) is 2. The second-order valence-corrected chi connectivity index (χ2v) is 5.01. The lowest BCUT2D eigenvalue weighted by Crippen LogP contribution is -2.24. The summed E-state index contributed by atoms with van der Waals surface area (Å²) >= 11 is 0. The van der Waals surface area contributed by atoms with Gasteiger partial charge in [0.05, 0.1) is 18.6 Å². The molecule has 1 heterocycles. The summed E-state index contributed by atoms with van der Waals surface area (Å²) in [4.78, 5) is 2.10. The zero-order valence-corrected chi connectivity index (χ0v) is 11.3. The molecule has 0 amide bonds. The predicted octanol–water partition coefficient (Wildman–Crippen LogP) is 1.73. The molecule has 2 rings (SSSR count). The number of ether oxygens (including phenoxy) is 2. The molecule has 1 aliphatic rings. The van der Waals surface area contributed by atoms with Gasteiger partial charge in [-0.1, -0.05) is 0 Å². The van der Waals surface area contributed by atoms with Crippen LogP contribution in [0.2, 0.25) is 0 Å². The minimum absolute atomic E-state index is 0.00568. The first-order chi connectivity index (χ1) is 9.10. The van der Waals surface area contributed by atoms with E-state index in [0.717, 1.165) is 23.4 Å². The van der Waals surface area contributed by atoms with Crippen molar-refractivity contribution in [1.82, 2.24) is 4.90 Å².